The molecule has 102 valence electrons. The van der Waals surface area contributed by atoms with Gasteiger partial charge >= 0.3 is 0 Å². The highest BCUT2D eigenvalue weighted by atomic mass is 32.2. The molecule has 4 nitrogen and oxygen atoms in total. The van der Waals surface area contributed by atoms with Crippen LogP contribution in [0.15, 0.2) is 30.3 Å². The van der Waals surface area contributed by atoms with Gasteiger partial charge in [0.05, 0.1) is 6.07 Å². The molecule has 1 aromatic rings. The number of nitrogens with one attached hydrogen (secondary N) is 1. The van der Waals surface area contributed by atoms with Gasteiger partial charge in [0.2, 0.25) is 5.91 Å². The maximum Gasteiger partial charge on any atom is 0.241 e. The number of nitrogens with zero attached hydrogens (tertiary/aromatic N) is 1. The average Bonchev–Trinajstić information content (AvgIpc) is 2.45. The van der Waals surface area contributed by atoms with Gasteiger partial charge in [-0.1, -0.05) is 30.3 Å². The van der Waals surface area contributed by atoms with E-state index in [2.05, 4.69) is 5.32 Å². The highest BCUT2D eigenvalue weighted by molar-refractivity contribution is 7.99. The Kier molecular flexibility index (Phi) is 7.71. The summed E-state index contributed by atoms with van der Waals surface area (Å²) in [6.45, 7) is 0.740. The molecule has 0 radical (unpaired) electrons. The lowest BCUT2D eigenvalue weighted by molar-refractivity contribution is -0.121. The molecule has 0 saturated heterocycles. The molecule has 1 unspecified atom stereocenters. The van der Waals surface area contributed by atoms with E-state index < -0.39 is 5.92 Å². The van der Waals surface area contributed by atoms with E-state index >= 15 is 0 Å². The number of rotatable bonds is 8. The van der Waals surface area contributed by atoms with E-state index in [1.807, 2.05) is 24.3 Å². The second kappa shape index (κ2) is 9.42. The lowest BCUT2D eigenvalue weighted by Crippen LogP contribution is -2.30. The molecule has 0 heterocycles. The van der Waals surface area contributed by atoms with Crippen LogP contribution in [0.5, 0.6) is 0 Å². The molecular formula is C14H18N2O2S. The zero-order chi connectivity index (χ0) is 13.9. The summed E-state index contributed by atoms with van der Waals surface area (Å²) in [7, 11) is 0. The van der Waals surface area contributed by atoms with Crippen LogP contribution in [-0.2, 0) is 4.79 Å². The molecule has 0 bridgehead atoms. The summed E-state index contributed by atoms with van der Waals surface area (Å²) in [6.07, 6.45) is 0.767. The Morgan fingerprint density at radius 2 is 2.11 bits per heavy atom. The third-order valence-corrected chi connectivity index (χ3v) is 3.59. The lowest BCUT2D eigenvalue weighted by atomic mass is 10.00. The standard InChI is InChI=1S/C14H18N2O2S/c15-11-13(12-5-2-1-3-6-12)14(18)16-7-10-19-9-4-8-17/h1-3,5-6,13,17H,4,7-10H2,(H,16,18). The molecule has 0 aliphatic carbocycles. The van der Waals surface area contributed by atoms with Gasteiger partial charge in [0.1, 0.15) is 5.92 Å². The average molecular weight is 278 g/mol. The van der Waals surface area contributed by atoms with E-state index in [9.17, 15) is 4.79 Å². The first-order valence-electron chi connectivity index (χ1n) is 6.20. The summed E-state index contributed by atoms with van der Waals surface area (Å²) in [5.74, 6) is 0.672. The Balaban J connectivity index is 2.34. The number of hydrogen-bond acceptors (Lipinski definition) is 4. The smallest absolute Gasteiger partial charge is 0.241 e. The molecule has 1 rings (SSSR count). The van der Waals surface area contributed by atoms with Gasteiger partial charge in [-0.25, -0.2) is 0 Å². The number of amides is 1. The van der Waals surface area contributed by atoms with Crippen molar-refractivity contribution in [1.29, 1.82) is 5.26 Å². The van der Waals surface area contributed by atoms with Gasteiger partial charge < -0.3 is 10.4 Å². The van der Waals surface area contributed by atoms with Crippen molar-refractivity contribution in [2.24, 2.45) is 0 Å². The molecule has 1 aromatic carbocycles. The Morgan fingerprint density at radius 1 is 1.37 bits per heavy atom. The molecular weight excluding hydrogens is 260 g/mol. The van der Waals surface area contributed by atoms with Gasteiger partial charge in [-0.15, -0.1) is 0 Å². The molecule has 5 heteroatoms. The summed E-state index contributed by atoms with van der Waals surface area (Å²) < 4.78 is 0. The summed E-state index contributed by atoms with van der Waals surface area (Å²) in [4.78, 5) is 11.9. The fraction of sp³-hybridized carbons (Fsp3) is 0.429. The zero-order valence-electron chi connectivity index (χ0n) is 10.7. The zero-order valence-corrected chi connectivity index (χ0v) is 11.5. The molecule has 0 aromatic heterocycles. The first-order valence-corrected chi connectivity index (χ1v) is 7.36. The Hall–Kier alpha value is -1.51. The van der Waals surface area contributed by atoms with Crippen LogP contribution in [0.25, 0.3) is 0 Å². The van der Waals surface area contributed by atoms with Crippen LogP contribution in [0, 0.1) is 11.3 Å². The van der Waals surface area contributed by atoms with Crippen molar-refractivity contribution in [3.63, 3.8) is 0 Å². The van der Waals surface area contributed by atoms with E-state index in [1.165, 1.54) is 0 Å². The summed E-state index contributed by atoms with van der Waals surface area (Å²) >= 11 is 1.68. The number of aliphatic hydroxyl groups is 1. The predicted octanol–water partition coefficient (Wildman–Crippen LogP) is 1.53. The topological polar surface area (TPSA) is 73.1 Å². The number of nitriles is 1. The number of hydrogen-bond donors (Lipinski definition) is 2. The van der Waals surface area contributed by atoms with Crippen molar-refractivity contribution in [3.8, 4) is 6.07 Å². The second-order valence-corrected chi connectivity index (χ2v) is 5.18. The third-order valence-electron chi connectivity index (χ3n) is 2.52. The van der Waals surface area contributed by atoms with Crippen LogP contribution in [-0.4, -0.2) is 35.7 Å². The van der Waals surface area contributed by atoms with Gasteiger partial charge in [0, 0.05) is 18.9 Å². The molecule has 0 fully saturated rings. The minimum absolute atomic E-state index is 0.198. The van der Waals surface area contributed by atoms with Gasteiger partial charge in [-0.05, 0) is 17.7 Å². The fourth-order valence-electron chi connectivity index (χ4n) is 1.55. The fourth-order valence-corrected chi connectivity index (χ4v) is 2.33. The van der Waals surface area contributed by atoms with Crippen molar-refractivity contribution in [1.82, 2.24) is 5.32 Å². The largest absolute Gasteiger partial charge is 0.396 e. The normalized spacial score (nSPS) is 11.6. The van der Waals surface area contributed by atoms with Crippen molar-refractivity contribution in [2.75, 3.05) is 24.7 Å². The van der Waals surface area contributed by atoms with E-state index in [1.54, 1.807) is 23.9 Å². The van der Waals surface area contributed by atoms with E-state index in [0.717, 1.165) is 23.5 Å². The van der Waals surface area contributed by atoms with Crippen molar-refractivity contribution >= 4 is 17.7 Å². The lowest BCUT2D eigenvalue weighted by Gasteiger charge is -2.10. The Bertz CT molecular complexity index is 417. The number of aliphatic hydroxyl groups excluding tert-OH is 1. The molecule has 19 heavy (non-hydrogen) atoms. The van der Waals surface area contributed by atoms with Crippen molar-refractivity contribution < 1.29 is 9.90 Å². The minimum Gasteiger partial charge on any atom is -0.396 e. The third kappa shape index (κ3) is 5.77. The van der Waals surface area contributed by atoms with Gasteiger partial charge in [0.25, 0.3) is 0 Å². The van der Waals surface area contributed by atoms with Gasteiger partial charge in [0.15, 0.2) is 0 Å². The summed E-state index contributed by atoms with van der Waals surface area (Å²) in [6, 6.07) is 11.1. The molecule has 2 N–H and O–H groups in total. The first kappa shape index (κ1) is 15.5. The van der Waals surface area contributed by atoms with E-state index in [0.29, 0.717) is 6.54 Å². The molecule has 0 aliphatic heterocycles. The molecule has 1 amide bonds. The first-order chi connectivity index (χ1) is 9.29. The Morgan fingerprint density at radius 3 is 2.74 bits per heavy atom. The maximum absolute atomic E-state index is 11.9. The minimum atomic E-state index is -0.747. The van der Waals surface area contributed by atoms with Crippen LogP contribution in [0.3, 0.4) is 0 Å². The molecule has 0 saturated carbocycles. The maximum atomic E-state index is 11.9. The molecule has 0 spiro atoms. The van der Waals surface area contributed by atoms with E-state index in [-0.39, 0.29) is 12.5 Å². The van der Waals surface area contributed by atoms with Crippen LogP contribution >= 0.6 is 11.8 Å². The number of thioether (sulfide) groups is 1. The summed E-state index contributed by atoms with van der Waals surface area (Å²) in [5, 5.41) is 20.5. The highest BCUT2D eigenvalue weighted by Gasteiger charge is 2.18. The van der Waals surface area contributed by atoms with Crippen LogP contribution in [0.1, 0.15) is 17.9 Å². The van der Waals surface area contributed by atoms with Crippen molar-refractivity contribution in [3.05, 3.63) is 35.9 Å². The van der Waals surface area contributed by atoms with Crippen LogP contribution < -0.4 is 5.32 Å². The summed E-state index contributed by atoms with van der Waals surface area (Å²) in [5.41, 5.74) is 0.718. The van der Waals surface area contributed by atoms with Gasteiger partial charge in [-0.2, -0.15) is 17.0 Å². The second-order valence-electron chi connectivity index (χ2n) is 3.95. The predicted molar refractivity (Wildman–Crippen MR) is 76.8 cm³/mol. The van der Waals surface area contributed by atoms with Crippen molar-refractivity contribution in [2.45, 2.75) is 12.3 Å². The van der Waals surface area contributed by atoms with Crippen LogP contribution in [0.2, 0.25) is 0 Å². The van der Waals surface area contributed by atoms with Crippen LogP contribution in [0.4, 0.5) is 0 Å². The SMILES string of the molecule is N#CC(C(=O)NCCSCCCO)c1ccccc1. The molecule has 1 atom stereocenters. The number of carbonyl (C=O) groups excluding carboxylic acids is 1. The number of benzene rings is 1. The highest BCUT2D eigenvalue weighted by Crippen LogP contribution is 2.14. The Labute approximate surface area is 117 Å². The quantitative estimate of drug-likeness (QED) is 0.707. The van der Waals surface area contributed by atoms with E-state index in [4.69, 9.17) is 10.4 Å². The monoisotopic (exact) mass is 278 g/mol. The number of carbonyl (C=O) groups is 1. The molecule has 0 aliphatic rings. The van der Waals surface area contributed by atoms with Gasteiger partial charge in [-0.3, -0.25) is 4.79 Å².